The second-order valence-electron chi connectivity index (χ2n) is 7.91. The lowest BCUT2D eigenvalue weighted by molar-refractivity contribution is 0.0994. The molecule has 1 N–H and O–H groups in total. The summed E-state index contributed by atoms with van der Waals surface area (Å²) in [6.07, 6.45) is 3.96. The van der Waals surface area contributed by atoms with E-state index in [4.69, 9.17) is 4.74 Å². The molecule has 0 saturated carbocycles. The van der Waals surface area contributed by atoms with Gasteiger partial charge in [-0.15, -0.1) is 0 Å². The minimum absolute atomic E-state index is 0.0960. The van der Waals surface area contributed by atoms with Gasteiger partial charge in [0.1, 0.15) is 11.6 Å². The van der Waals surface area contributed by atoms with Crippen LogP contribution in [0.4, 0.5) is 23.0 Å². The van der Waals surface area contributed by atoms with Gasteiger partial charge >= 0.3 is 0 Å². The molecule has 2 aliphatic rings. The average Bonchev–Trinajstić information content (AvgIpc) is 3.10. The first-order valence-electron chi connectivity index (χ1n) is 10.6. The van der Waals surface area contributed by atoms with E-state index in [0.29, 0.717) is 53.8 Å². The molecule has 2 aromatic heterocycles. The Morgan fingerprint density at radius 1 is 1.15 bits per heavy atom. The fraction of sp³-hybridized carbons (Fsp3) is 0.261. The molecule has 10 heteroatoms. The number of rotatable bonds is 5. The largest absolute Gasteiger partial charge is 0.493 e. The summed E-state index contributed by atoms with van der Waals surface area (Å²) in [6.45, 7) is 2.93. The van der Waals surface area contributed by atoms with Crippen LogP contribution in [0.3, 0.4) is 0 Å². The molecule has 0 saturated heterocycles. The van der Waals surface area contributed by atoms with Gasteiger partial charge < -0.3 is 14.5 Å². The van der Waals surface area contributed by atoms with Crippen LogP contribution in [0.2, 0.25) is 0 Å². The maximum Gasteiger partial charge on any atom is 0.261 e. The van der Waals surface area contributed by atoms with Crippen LogP contribution in [-0.2, 0) is 22.2 Å². The fourth-order valence-corrected chi connectivity index (χ4v) is 5.45. The first-order chi connectivity index (χ1) is 15.9. The number of carbonyl (C=O) groups is 1. The number of sulfonamides is 1. The maximum atomic E-state index is 13.2. The Hall–Kier alpha value is -3.66. The van der Waals surface area contributed by atoms with Gasteiger partial charge in [0.05, 0.1) is 29.3 Å². The zero-order chi connectivity index (χ0) is 23.2. The second kappa shape index (κ2) is 8.04. The summed E-state index contributed by atoms with van der Waals surface area (Å²) in [5, 5.41) is 0. The lowest BCUT2D eigenvalue weighted by atomic mass is 10.1. The van der Waals surface area contributed by atoms with Crippen molar-refractivity contribution >= 4 is 38.9 Å². The molecular formula is C23H23N5O4S. The van der Waals surface area contributed by atoms with Gasteiger partial charge in [0.2, 0.25) is 10.0 Å². The van der Waals surface area contributed by atoms with Gasteiger partial charge in [-0.1, -0.05) is 6.07 Å². The predicted octanol–water partition coefficient (Wildman–Crippen LogP) is 3.10. The number of hydrogen-bond donors (Lipinski definition) is 1. The van der Waals surface area contributed by atoms with Gasteiger partial charge in [0.15, 0.2) is 5.82 Å². The Labute approximate surface area is 192 Å². The van der Waals surface area contributed by atoms with Crippen LogP contribution in [0.5, 0.6) is 5.75 Å². The summed E-state index contributed by atoms with van der Waals surface area (Å²) in [5.41, 5.74) is 3.28. The molecule has 0 aliphatic carbocycles. The number of nitrogens with one attached hydrogen (secondary N) is 1. The number of anilines is 4. The van der Waals surface area contributed by atoms with Crippen LogP contribution in [0, 0.1) is 0 Å². The number of ether oxygens (including phenoxy) is 1. The molecular weight excluding hydrogens is 442 g/mol. The van der Waals surface area contributed by atoms with Crippen molar-refractivity contribution in [3.63, 3.8) is 0 Å². The van der Waals surface area contributed by atoms with E-state index in [0.717, 1.165) is 11.3 Å². The molecule has 5 rings (SSSR count). The quantitative estimate of drug-likeness (QED) is 0.617. The fourth-order valence-electron chi connectivity index (χ4n) is 4.18. The molecule has 0 spiro atoms. The van der Waals surface area contributed by atoms with Crippen molar-refractivity contribution in [3.8, 4) is 5.75 Å². The van der Waals surface area contributed by atoms with Crippen molar-refractivity contribution < 1.29 is 17.9 Å². The van der Waals surface area contributed by atoms with Crippen LogP contribution in [0.25, 0.3) is 0 Å². The van der Waals surface area contributed by atoms with E-state index in [9.17, 15) is 13.2 Å². The molecule has 9 nitrogen and oxygen atoms in total. The molecule has 0 fully saturated rings. The number of benzene rings is 1. The molecule has 0 bridgehead atoms. The molecule has 170 valence electrons. The van der Waals surface area contributed by atoms with E-state index in [1.807, 2.05) is 30.0 Å². The smallest absolute Gasteiger partial charge is 0.261 e. The summed E-state index contributed by atoms with van der Waals surface area (Å²) in [5.74, 6) is 1.57. The van der Waals surface area contributed by atoms with Gasteiger partial charge in [0, 0.05) is 38.0 Å². The first-order valence-corrected chi connectivity index (χ1v) is 12.3. The van der Waals surface area contributed by atoms with Crippen molar-refractivity contribution in [1.29, 1.82) is 0 Å². The zero-order valence-corrected chi connectivity index (χ0v) is 19.1. The molecule has 33 heavy (non-hydrogen) atoms. The van der Waals surface area contributed by atoms with Crippen molar-refractivity contribution in [2.24, 2.45) is 0 Å². The number of hydrogen-bond acceptors (Lipinski definition) is 7. The van der Waals surface area contributed by atoms with Crippen molar-refractivity contribution in [2.45, 2.75) is 19.1 Å². The SMILES string of the molecule is CCN1c2ncc(CCOc3cccc4c3CS(=O)(=O)N4)cc2C(=O)N(C)c2cccnc21. The third kappa shape index (κ3) is 3.76. The second-order valence-corrected chi connectivity index (χ2v) is 9.63. The number of pyridine rings is 2. The van der Waals surface area contributed by atoms with Crippen LogP contribution >= 0.6 is 0 Å². The van der Waals surface area contributed by atoms with Gasteiger partial charge in [-0.05, 0) is 42.8 Å². The summed E-state index contributed by atoms with van der Waals surface area (Å²) in [6, 6.07) is 10.8. The molecule has 3 aromatic rings. The van der Waals surface area contributed by atoms with Gasteiger partial charge in [-0.25, -0.2) is 18.4 Å². The van der Waals surface area contributed by atoms with E-state index in [1.54, 1.807) is 42.5 Å². The Balaban J connectivity index is 1.38. The van der Waals surface area contributed by atoms with Crippen molar-refractivity contribution in [3.05, 3.63) is 65.5 Å². The van der Waals surface area contributed by atoms with E-state index in [-0.39, 0.29) is 11.7 Å². The van der Waals surface area contributed by atoms with Gasteiger partial charge in [0.25, 0.3) is 5.91 Å². The minimum Gasteiger partial charge on any atom is -0.493 e. The standard InChI is InChI=1S/C23H23N5O4S/c1-3-28-21-16(23(29)27(2)19-7-5-10-24-22(19)28)12-15(13-25-21)9-11-32-20-8-4-6-18-17(20)14-33(30,31)26-18/h4-8,10,12-13,26H,3,9,11,14H2,1-2H3. The normalized spacial score (nSPS) is 15.9. The molecule has 0 radical (unpaired) electrons. The van der Waals surface area contributed by atoms with Crippen molar-refractivity contribution in [2.75, 3.05) is 34.7 Å². The van der Waals surface area contributed by atoms with Crippen LogP contribution in [-0.4, -0.2) is 44.5 Å². The number of amides is 1. The van der Waals surface area contributed by atoms with E-state index in [2.05, 4.69) is 14.7 Å². The summed E-state index contributed by atoms with van der Waals surface area (Å²) >= 11 is 0. The number of aromatic nitrogens is 2. The highest BCUT2D eigenvalue weighted by Gasteiger charge is 2.30. The van der Waals surface area contributed by atoms with Gasteiger partial charge in [-0.2, -0.15) is 0 Å². The Morgan fingerprint density at radius 3 is 2.82 bits per heavy atom. The summed E-state index contributed by atoms with van der Waals surface area (Å²) in [7, 11) is -1.62. The Kier molecular flexibility index (Phi) is 5.16. The summed E-state index contributed by atoms with van der Waals surface area (Å²) < 4.78 is 32.2. The van der Waals surface area contributed by atoms with E-state index < -0.39 is 10.0 Å². The highest BCUT2D eigenvalue weighted by Crippen LogP contribution is 2.38. The Bertz CT molecular complexity index is 1360. The van der Waals surface area contributed by atoms with Crippen LogP contribution in [0.1, 0.15) is 28.4 Å². The maximum absolute atomic E-state index is 13.2. The molecule has 2 aliphatic heterocycles. The van der Waals surface area contributed by atoms with E-state index >= 15 is 0 Å². The van der Waals surface area contributed by atoms with Crippen molar-refractivity contribution in [1.82, 2.24) is 9.97 Å². The predicted molar refractivity (Wildman–Crippen MR) is 126 cm³/mol. The molecule has 1 aromatic carbocycles. The lowest BCUT2D eigenvalue weighted by Crippen LogP contribution is -2.25. The average molecular weight is 466 g/mol. The highest BCUT2D eigenvalue weighted by molar-refractivity contribution is 7.92. The number of carbonyl (C=O) groups excluding carboxylic acids is 1. The van der Waals surface area contributed by atoms with E-state index in [1.165, 1.54) is 0 Å². The topological polar surface area (TPSA) is 105 Å². The lowest BCUT2D eigenvalue weighted by Gasteiger charge is -2.22. The number of fused-ring (bicyclic) bond motifs is 3. The third-order valence-electron chi connectivity index (χ3n) is 5.79. The molecule has 0 atom stereocenters. The summed E-state index contributed by atoms with van der Waals surface area (Å²) in [4.78, 5) is 25.9. The monoisotopic (exact) mass is 465 g/mol. The van der Waals surface area contributed by atoms with Crippen LogP contribution in [0.15, 0.2) is 48.8 Å². The molecule has 4 heterocycles. The first kappa shape index (κ1) is 21.2. The molecule has 0 unspecified atom stereocenters. The number of nitrogens with zero attached hydrogens (tertiary/aromatic N) is 4. The van der Waals surface area contributed by atoms with Gasteiger partial charge in [-0.3, -0.25) is 9.52 Å². The Morgan fingerprint density at radius 2 is 2.00 bits per heavy atom. The zero-order valence-electron chi connectivity index (χ0n) is 18.3. The minimum atomic E-state index is -3.35. The third-order valence-corrected chi connectivity index (χ3v) is 6.99. The molecule has 1 amide bonds. The highest BCUT2D eigenvalue weighted by atomic mass is 32.2. The van der Waals surface area contributed by atoms with Crippen LogP contribution < -0.4 is 19.3 Å².